The van der Waals surface area contributed by atoms with Crippen molar-refractivity contribution in [1.29, 1.82) is 0 Å². The normalized spacial score (nSPS) is 10.3. The molecule has 2 aromatic rings. The molecule has 5 heteroatoms. The van der Waals surface area contributed by atoms with Crippen LogP contribution in [0.25, 0.3) is 0 Å². The largest absolute Gasteiger partial charge is 0.493 e. The lowest BCUT2D eigenvalue weighted by molar-refractivity contribution is -0.119. The zero-order chi connectivity index (χ0) is 15.9. The van der Waals surface area contributed by atoms with Gasteiger partial charge in [0.1, 0.15) is 17.4 Å². The number of amides is 1. The first-order valence-corrected chi connectivity index (χ1v) is 7.04. The number of carbonyl (C=O) groups excluding carboxylic acids is 1. The fourth-order valence-corrected chi connectivity index (χ4v) is 2.07. The molecule has 0 N–H and O–H groups in total. The van der Waals surface area contributed by atoms with Crippen LogP contribution < -0.4 is 9.64 Å². The molecule has 0 aromatic heterocycles. The van der Waals surface area contributed by atoms with Gasteiger partial charge in [-0.25, -0.2) is 8.78 Å². The third-order valence-electron chi connectivity index (χ3n) is 3.14. The first-order valence-electron chi connectivity index (χ1n) is 7.04. The Morgan fingerprint density at radius 1 is 1.09 bits per heavy atom. The van der Waals surface area contributed by atoms with Crippen molar-refractivity contribution in [1.82, 2.24) is 0 Å². The third-order valence-corrected chi connectivity index (χ3v) is 3.14. The predicted octanol–water partition coefficient (Wildman–Crippen LogP) is 3.79. The van der Waals surface area contributed by atoms with Crippen LogP contribution in [0.3, 0.4) is 0 Å². The van der Waals surface area contributed by atoms with Crippen molar-refractivity contribution in [3.8, 4) is 5.75 Å². The predicted molar refractivity (Wildman–Crippen MR) is 80.9 cm³/mol. The quantitative estimate of drug-likeness (QED) is 0.812. The number of hydrogen-bond donors (Lipinski definition) is 0. The average molecular weight is 305 g/mol. The molecule has 22 heavy (non-hydrogen) atoms. The molecule has 2 rings (SSSR count). The summed E-state index contributed by atoms with van der Waals surface area (Å²) in [5.41, 5.74) is 0.522. The highest BCUT2D eigenvalue weighted by Gasteiger charge is 2.14. The second-order valence-electron chi connectivity index (χ2n) is 4.67. The summed E-state index contributed by atoms with van der Waals surface area (Å²) in [7, 11) is 0. The van der Waals surface area contributed by atoms with E-state index in [9.17, 15) is 13.6 Å². The number of ether oxygens (including phenoxy) is 1. The van der Waals surface area contributed by atoms with Crippen molar-refractivity contribution < 1.29 is 18.3 Å². The summed E-state index contributed by atoms with van der Waals surface area (Å²) in [5, 5.41) is 0. The SMILES string of the molecule is CCN(C(=O)CCOc1ccc(F)cc1)c1cccc(F)c1. The topological polar surface area (TPSA) is 29.5 Å². The molecule has 2 aromatic carbocycles. The van der Waals surface area contributed by atoms with Crippen LogP contribution in [0, 0.1) is 11.6 Å². The van der Waals surface area contributed by atoms with E-state index in [1.54, 1.807) is 12.1 Å². The van der Waals surface area contributed by atoms with E-state index in [-0.39, 0.29) is 30.6 Å². The molecule has 0 heterocycles. The van der Waals surface area contributed by atoms with Gasteiger partial charge in [0, 0.05) is 12.2 Å². The van der Waals surface area contributed by atoms with Gasteiger partial charge < -0.3 is 9.64 Å². The van der Waals surface area contributed by atoms with E-state index in [0.29, 0.717) is 18.0 Å². The summed E-state index contributed by atoms with van der Waals surface area (Å²) in [5.74, 6) is -0.379. The second-order valence-corrected chi connectivity index (χ2v) is 4.67. The standard InChI is InChI=1S/C17H17F2NO2/c1-2-20(15-5-3-4-14(19)12-15)17(21)10-11-22-16-8-6-13(18)7-9-16/h3-9,12H,2,10-11H2,1H3. The lowest BCUT2D eigenvalue weighted by atomic mass is 10.2. The molecule has 0 spiro atoms. The Morgan fingerprint density at radius 3 is 2.45 bits per heavy atom. The summed E-state index contributed by atoms with van der Waals surface area (Å²) in [6.07, 6.45) is 0.154. The first-order chi connectivity index (χ1) is 10.6. The zero-order valence-corrected chi connectivity index (χ0v) is 12.3. The molecule has 116 valence electrons. The molecule has 0 atom stereocenters. The van der Waals surface area contributed by atoms with E-state index in [0.717, 1.165) is 0 Å². The maximum atomic E-state index is 13.2. The smallest absolute Gasteiger partial charge is 0.230 e. The molecular weight excluding hydrogens is 288 g/mol. The van der Waals surface area contributed by atoms with Gasteiger partial charge in [-0.3, -0.25) is 4.79 Å². The number of rotatable bonds is 6. The molecular formula is C17H17F2NO2. The zero-order valence-electron chi connectivity index (χ0n) is 12.3. The number of nitrogens with zero attached hydrogens (tertiary/aromatic N) is 1. The van der Waals surface area contributed by atoms with Crippen LogP contribution in [-0.4, -0.2) is 19.1 Å². The monoisotopic (exact) mass is 305 g/mol. The Hall–Kier alpha value is -2.43. The third kappa shape index (κ3) is 4.28. The fraction of sp³-hybridized carbons (Fsp3) is 0.235. The minimum absolute atomic E-state index is 0.154. The summed E-state index contributed by atoms with van der Waals surface area (Å²) >= 11 is 0. The summed E-state index contributed by atoms with van der Waals surface area (Å²) < 4.78 is 31.4. The van der Waals surface area contributed by atoms with Crippen molar-refractivity contribution >= 4 is 11.6 Å². The van der Waals surface area contributed by atoms with Gasteiger partial charge in [0.2, 0.25) is 5.91 Å². The average Bonchev–Trinajstić information content (AvgIpc) is 2.50. The van der Waals surface area contributed by atoms with E-state index in [2.05, 4.69) is 0 Å². The van der Waals surface area contributed by atoms with Gasteiger partial charge in [0.15, 0.2) is 0 Å². The Kier molecular flexibility index (Phi) is 5.47. The lowest BCUT2D eigenvalue weighted by Crippen LogP contribution is -2.31. The van der Waals surface area contributed by atoms with Crippen LogP contribution in [-0.2, 0) is 4.79 Å². The highest BCUT2D eigenvalue weighted by Crippen LogP contribution is 2.17. The van der Waals surface area contributed by atoms with Crippen LogP contribution in [0.4, 0.5) is 14.5 Å². The molecule has 0 saturated carbocycles. The van der Waals surface area contributed by atoms with E-state index in [1.807, 2.05) is 6.92 Å². The first kappa shape index (κ1) is 15.9. The van der Waals surface area contributed by atoms with Crippen molar-refractivity contribution in [2.24, 2.45) is 0 Å². The summed E-state index contributed by atoms with van der Waals surface area (Å²) in [6, 6.07) is 11.5. The van der Waals surface area contributed by atoms with Crippen molar-refractivity contribution in [3.05, 3.63) is 60.2 Å². The van der Waals surface area contributed by atoms with Crippen LogP contribution in [0.2, 0.25) is 0 Å². The number of halogens is 2. The van der Waals surface area contributed by atoms with Crippen molar-refractivity contribution in [3.63, 3.8) is 0 Å². The Bertz CT molecular complexity index is 629. The molecule has 0 unspecified atom stereocenters. The van der Waals surface area contributed by atoms with E-state index in [4.69, 9.17) is 4.74 Å². The molecule has 3 nitrogen and oxygen atoms in total. The van der Waals surface area contributed by atoms with Gasteiger partial charge in [0.05, 0.1) is 13.0 Å². The number of hydrogen-bond acceptors (Lipinski definition) is 2. The molecule has 0 saturated heterocycles. The van der Waals surface area contributed by atoms with Crippen molar-refractivity contribution in [2.75, 3.05) is 18.1 Å². The lowest BCUT2D eigenvalue weighted by Gasteiger charge is -2.21. The number of carbonyl (C=O) groups is 1. The fourth-order valence-electron chi connectivity index (χ4n) is 2.07. The maximum Gasteiger partial charge on any atom is 0.230 e. The summed E-state index contributed by atoms with van der Waals surface area (Å²) in [6.45, 7) is 2.44. The molecule has 0 aliphatic rings. The van der Waals surface area contributed by atoms with E-state index < -0.39 is 0 Å². The van der Waals surface area contributed by atoms with Crippen LogP contribution in [0.15, 0.2) is 48.5 Å². The molecule has 0 bridgehead atoms. The van der Waals surface area contributed by atoms with Crippen LogP contribution >= 0.6 is 0 Å². The molecule has 0 aliphatic carbocycles. The highest BCUT2D eigenvalue weighted by atomic mass is 19.1. The molecule has 1 amide bonds. The Labute approximate surface area is 128 Å². The van der Waals surface area contributed by atoms with E-state index >= 15 is 0 Å². The van der Waals surface area contributed by atoms with Gasteiger partial charge in [-0.05, 0) is 49.4 Å². The number of anilines is 1. The van der Waals surface area contributed by atoms with Gasteiger partial charge in [0.25, 0.3) is 0 Å². The van der Waals surface area contributed by atoms with E-state index in [1.165, 1.54) is 41.3 Å². The van der Waals surface area contributed by atoms with Gasteiger partial charge >= 0.3 is 0 Å². The molecule has 0 radical (unpaired) electrons. The highest BCUT2D eigenvalue weighted by molar-refractivity contribution is 5.93. The summed E-state index contributed by atoms with van der Waals surface area (Å²) in [4.78, 5) is 13.7. The number of benzene rings is 2. The van der Waals surface area contributed by atoms with Gasteiger partial charge in [-0.1, -0.05) is 6.07 Å². The molecule has 0 fully saturated rings. The van der Waals surface area contributed by atoms with Crippen LogP contribution in [0.5, 0.6) is 5.75 Å². The Balaban J connectivity index is 1.91. The van der Waals surface area contributed by atoms with Crippen molar-refractivity contribution in [2.45, 2.75) is 13.3 Å². The van der Waals surface area contributed by atoms with Crippen LogP contribution in [0.1, 0.15) is 13.3 Å². The van der Waals surface area contributed by atoms with Gasteiger partial charge in [-0.15, -0.1) is 0 Å². The molecule has 0 aliphatic heterocycles. The maximum absolute atomic E-state index is 13.2. The van der Waals surface area contributed by atoms with Gasteiger partial charge in [-0.2, -0.15) is 0 Å². The second kappa shape index (κ2) is 7.54. The minimum atomic E-state index is -0.383. The minimum Gasteiger partial charge on any atom is -0.493 e. The Morgan fingerprint density at radius 2 is 1.82 bits per heavy atom.